The van der Waals surface area contributed by atoms with Crippen LogP contribution in [0.1, 0.15) is 11.1 Å². The zero-order chi connectivity index (χ0) is 11.4. The zero-order valence-electron chi connectivity index (χ0n) is 9.80. The van der Waals surface area contributed by atoms with Crippen molar-refractivity contribution in [1.82, 2.24) is 4.90 Å². The maximum Gasteiger partial charge on any atom is 0.119 e. The maximum atomic E-state index is 6.07. The fourth-order valence-electron chi connectivity index (χ4n) is 1.34. The van der Waals surface area contributed by atoms with Gasteiger partial charge in [-0.25, -0.2) is 0 Å². The van der Waals surface area contributed by atoms with Gasteiger partial charge in [-0.15, -0.1) is 0 Å². The summed E-state index contributed by atoms with van der Waals surface area (Å²) in [5.41, 5.74) is 2.13. The van der Waals surface area contributed by atoms with Crippen molar-refractivity contribution in [2.45, 2.75) is 13.8 Å². The van der Waals surface area contributed by atoms with Gasteiger partial charge in [0.2, 0.25) is 0 Å². The van der Waals surface area contributed by atoms with Crippen LogP contribution in [0.15, 0.2) is 12.1 Å². The number of rotatable bonds is 4. The Morgan fingerprint density at radius 3 is 2.20 bits per heavy atom. The Bertz CT molecular complexity index is 313. The van der Waals surface area contributed by atoms with E-state index in [4.69, 9.17) is 16.3 Å². The quantitative estimate of drug-likeness (QED) is 0.785. The molecule has 0 saturated heterocycles. The molecule has 0 aliphatic carbocycles. The summed E-state index contributed by atoms with van der Waals surface area (Å²) in [6, 6.07) is 3.95. The number of halogens is 1. The van der Waals surface area contributed by atoms with Gasteiger partial charge in [-0.3, -0.25) is 0 Å². The topological polar surface area (TPSA) is 12.5 Å². The van der Waals surface area contributed by atoms with Crippen LogP contribution in [0.3, 0.4) is 0 Å². The highest BCUT2D eigenvalue weighted by atomic mass is 35.5. The van der Waals surface area contributed by atoms with Crippen LogP contribution in [0.5, 0.6) is 5.75 Å². The summed E-state index contributed by atoms with van der Waals surface area (Å²) in [4.78, 5) is 2.09. The predicted molar refractivity (Wildman–Crippen MR) is 65.0 cm³/mol. The first-order chi connectivity index (χ1) is 7.00. The minimum absolute atomic E-state index is 0.702. The highest BCUT2D eigenvalue weighted by molar-refractivity contribution is 6.32. The Kier molecular flexibility index (Phi) is 4.43. The van der Waals surface area contributed by atoms with Crippen LogP contribution in [0.2, 0.25) is 5.02 Å². The van der Waals surface area contributed by atoms with Crippen LogP contribution in [0.25, 0.3) is 0 Å². The summed E-state index contributed by atoms with van der Waals surface area (Å²) in [6.07, 6.45) is 0. The molecule has 0 aromatic heterocycles. The molecule has 0 N–H and O–H groups in total. The first-order valence-electron chi connectivity index (χ1n) is 5.05. The van der Waals surface area contributed by atoms with Crippen molar-refractivity contribution >= 4 is 11.6 Å². The number of likely N-dealkylation sites (N-methyl/N-ethyl adjacent to an activating group) is 1. The first-order valence-corrected chi connectivity index (χ1v) is 5.43. The molecule has 1 aromatic carbocycles. The lowest BCUT2D eigenvalue weighted by atomic mass is 10.1. The van der Waals surface area contributed by atoms with E-state index < -0.39 is 0 Å². The summed E-state index contributed by atoms with van der Waals surface area (Å²) in [5.74, 6) is 0.899. The average molecular weight is 228 g/mol. The third kappa shape index (κ3) is 3.73. The Balaban J connectivity index is 2.63. The Labute approximate surface area is 96.8 Å². The van der Waals surface area contributed by atoms with E-state index in [1.54, 1.807) is 0 Å². The molecule has 0 aliphatic rings. The molecule has 0 aliphatic heterocycles. The number of hydrogen-bond donors (Lipinski definition) is 0. The van der Waals surface area contributed by atoms with E-state index in [-0.39, 0.29) is 0 Å². The summed E-state index contributed by atoms with van der Waals surface area (Å²) < 4.78 is 5.63. The van der Waals surface area contributed by atoms with Crippen LogP contribution in [0, 0.1) is 13.8 Å². The van der Waals surface area contributed by atoms with Gasteiger partial charge in [0.25, 0.3) is 0 Å². The van der Waals surface area contributed by atoms with Gasteiger partial charge in [0.1, 0.15) is 12.4 Å². The molecule has 2 nitrogen and oxygen atoms in total. The molecular formula is C12H18ClNO. The smallest absolute Gasteiger partial charge is 0.119 e. The van der Waals surface area contributed by atoms with E-state index in [1.165, 1.54) is 0 Å². The maximum absolute atomic E-state index is 6.07. The normalized spacial score (nSPS) is 10.8. The van der Waals surface area contributed by atoms with Crippen molar-refractivity contribution in [3.05, 3.63) is 28.3 Å². The molecule has 1 rings (SSSR count). The van der Waals surface area contributed by atoms with E-state index in [0.29, 0.717) is 6.61 Å². The van der Waals surface area contributed by atoms with E-state index in [0.717, 1.165) is 28.4 Å². The van der Waals surface area contributed by atoms with E-state index in [1.807, 2.05) is 40.1 Å². The second-order valence-electron chi connectivity index (χ2n) is 4.02. The molecule has 0 heterocycles. The molecular weight excluding hydrogens is 210 g/mol. The van der Waals surface area contributed by atoms with Gasteiger partial charge in [0.15, 0.2) is 0 Å². The van der Waals surface area contributed by atoms with Crippen LogP contribution in [0.4, 0.5) is 0 Å². The lowest BCUT2D eigenvalue weighted by Crippen LogP contribution is -2.19. The van der Waals surface area contributed by atoms with Crippen LogP contribution in [-0.2, 0) is 0 Å². The van der Waals surface area contributed by atoms with Gasteiger partial charge in [-0.1, -0.05) is 11.6 Å². The number of hydrogen-bond acceptors (Lipinski definition) is 2. The SMILES string of the molecule is Cc1cc(OCCN(C)C)cc(C)c1Cl. The molecule has 84 valence electrons. The minimum Gasteiger partial charge on any atom is -0.492 e. The van der Waals surface area contributed by atoms with Crippen molar-refractivity contribution in [1.29, 1.82) is 0 Å². The summed E-state index contributed by atoms with van der Waals surface area (Å²) >= 11 is 6.07. The molecule has 0 radical (unpaired) electrons. The third-order valence-corrected chi connectivity index (χ3v) is 2.81. The second kappa shape index (κ2) is 5.38. The summed E-state index contributed by atoms with van der Waals surface area (Å²) in [6.45, 7) is 5.61. The fourth-order valence-corrected chi connectivity index (χ4v) is 1.44. The van der Waals surface area contributed by atoms with Crippen molar-refractivity contribution in [2.75, 3.05) is 27.2 Å². The number of benzene rings is 1. The molecule has 0 fully saturated rings. The molecule has 0 unspecified atom stereocenters. The highest BCUT2D eigenvalue weighted by Gasteiger charge is 2.03. The summed E-state index contributed by atoms with van der Waals surface area (Å²) in [7, 11) is 4.06. The molecule has 1 aromatic rings. The molecule has 0 atom stereocenters. The Hall–Kier alpha value is -0.730. The molecule has 0 bridgehead atoms. The van der Waals surface area contributed by atoms with Crippen molar-refractivity contribution in [3.63, 3.8) is 0 Å². The minimum atomic E-state index is 0.702. The summed E-state index contributed by atoms with van der Waals surface area (Å²) in [5, 5.41) is 0.829. The average Bonchev–Trinajstić information content (AvgIpc) is 2.13. The van der Waals surface area contributed by atoms with Crippen molar-refractivity contribution < 1.29 is 4.74 Å². The van der Waals surface area contributed by atoms with Gasteiger partial charge in [-0.05, 0) is 51.2 Å². The fraction of sp³-hybridized carbons (Fsp3) is 0.500. The monoisotopic (exact) mass is 227 g/mol. The number of nitrogens with zero attached hydrogens (tertiary/aromatic N) is 1. The van der Waals surface area contributed by atoms with Gasteiger partial charge in [-0.2, -0.15) is 0 Å². The highest BCUT2D eigenvalue weighted by Crippen LogP contribution is 2.25. The Morgan fingerprint density at radius 1 is 1.20 bits per heavy atom. The van der Waals surface area contributed by atoms with Crippen LogP contribution < -0.4 is 4.74 Å². The standard InChI is InChI=1S/C12H18ClNO/c1-9-7-11(8-10(2)12(9)13)15-6-5-14(3)4/h7-8H,5-6H2,1-4H3. The molecule has 15 heavy (non-hydrogen) atoms. The molecule has 3 heteroatoms. The number of ether oxygens (including phenoxy) is 1. The molecule has 0 spiro atoms. The van der Waals surface area contributed by atoms with Crippen LogP contribution >= 0.6 is 11.6 Å². The number of aryl methyl sites for hydroxylation is 2. The van der Waals surface area contributed by atoms with Gasteiger partial charge < -0.3 is 9.64 Å². The zero-order valence-corrected chi connectivity index (χ0v) is 10.6. The molecule has 0 saturated carbocycles. The second-order valence-corrected chi connectivity index (χ2v) is 4.40. The third-order valence-electron chi connectivity index (χ3n) is 2.22. The van der Waals surface area contributed by atoms with E-state index in [2.05, 4.69) is 4.90 Å². The molecule has 0 amide bonds. The van der Waals surface area contributed by atoms with Crippen molar-refractivity contribution in [2.24, 2.45) is 0 Å². The van der Waals surface area contributed by atoms with Crippen LogP contribution in [-0.4, -0.2) is 32.1 Å². The van der Waals surface area contributed by atoms with E-state index in [9.17, 15) is 0 Å². The lowest BCUT2D eigenvalue weighted by molar-refractivity contribution is 0.261. The lowest BCUT2D eigenvalue weighted by Gasteiger charge is -2.12. The predicted octanol–water partition coefficient (Wildman–Crippen LogP) is 2.90. The van der Waals surface area contributed by atoms with Gasteiger partial charge in [0.05, 0.1) is 0 Å². The first kappa shape index (κ1) is 12.3. The van der Waals surface area contributed by atoms with Gasteiger partial charge >= 0.3 is 0 Å². The largest absolute Gasteiger partial charge is 0.492 e. The van der Waals surface area contributed by atoms with Crippen molar-refractivity contribution in [3.8, 4) is 5.75 Å². The Morgan fingerprint density at radius 2 is 1.73 bits per heavy atom. The van der Waals surface area contributed by atoms with Gasteiger partial charge in [0, 0.05) is 11.6 Å². The van der Waals surface area contributed by atoms with E-state index >= 15 is 0 Å².